The molecule has 2 aromatic carbocycles. The summed E-state index contributed by atoms with van der Waals surface area (Å²) in [5.74, 6) is 0. The summed E-state index contributed by atoms with van der Waals surface area (Å²) in [6.07, 6.45) is 2.53. The Morgan fingerprint density at radius 1 is 1.07 bits per heavy atom. The Bertz CT molecular complexity index is 895. The van der Waals surface area contributed by atoms with E-state index in [-0.39, 0.29) is 4.75 Å². The Morgan fingerprint density at radius 2 is 1.79 bits per heavy atom. The van der Waals surface area contributed by atoms with Crippen molar-refractivity contribution in [3.05, 3.63) is 83.4 Å². The molecule has 0 aliphatic heterocycles. The van der Waals surface area contributed by atoms with Crippen LogP contribution in [0.15, 0.2) is 72.1 Å². The highest BCUT2D eigenvalue weighted by Crippen LogP contribution is 2.41. The number of aryl methyl sites for hydroxylation is 1. The van der Waals surface area contributed by atoms with Gasteiger partial charge in [0.1, 0.15) is 0 Å². The molecule has 0 fully saturated rings. The second-order valence-corrected chi connectivity index (χ2v) is 8.95. The first kappa shape index (κ1) is 20.8. The van der Waals surface area contributed by atoms with Gasteiger partial charge in [-0.3, -0.25) is 0 Å². The molecule has 3 aromatic rings. The predicted molar refractivity (Wildman–Crippen MR) is 108 cm³/mol. The standard InChI is InChI=1S/C21H20ClF3N2S/c1-20(14-27-13-12-26-15-27,28-19-5-3-2-4-18(19)22)11-10-16-6-8-17(9-7-16)21(23,24)25/h2-9,12-13,15H,10-11,14H2,1H3. The first-order chi connectivity index (χ1) is 13.3. The van der Waals surface area contributed by atoms with Crippen molar-refractivity contribution in [1.29, 1.82) is 0 Å². The highest BCUT2D eigenvalue weighted by atomic mass is 35.5. The maximum Gasteiger partial charge on any atom is 0.416 e. The Labute approximate surface area is 171 Å². The lowest BCUT2D eigenvalue weighted by atomic mass is 9.99. The fourth-order valence-corrected chi connectivity index (χ4v) is 4.50. The van der Waals surface area contributed by atoms with Crippen LogP contribution in [0.5, 0.6) is 0 Å². The third kappa shape index (κ3) is 5.55. The summed E-state index contributed by atoms with van der Waals surface area (Å²) in [7, 11) is 0. The van der Waals surface area contributed by atoms with Gasteiger partial charge in [0.2, 0.25) is 0 Å². The quantitative estimate of drug-likeness (QED) is 0.391. The summed E-state index contributed by atoms with van der Waals surface area (Å²) < 4.78 is 40.1. The van der Waals surface area contributed by atoms with Crippen molar-refractivity contribution in [3.8, 4) is 0 Å². The smallest absolute Gasteiger partial charge is 0.336 e. The van der Waals surface area contributed by atoms with E-state index in [0.29, 0.717) is 18.0 Å². The molecule has 0 aliphatic carbocycles. The lowest BCUT2D eigenvalue weighted by Crippen LogP contribution is -2.27. The molecule has 0 saturated carbocycles. The van der Waals surface area contributed by atoms with Crippen LogP contribution in [0.3, 0.4) is 0 Å². The normalized spacial score (nSPS) is 14.0. The zero-order valence-corrected chi connectivity index (χ0v) is 16.9. The Balaban J connectivity index is 1.76. The largest absolute Gasteiger partial charge is 0.416 e. The number of imidazole rings is 1. The summed E-state index contributed by atoms with van der Waals surface area (Å²) >= 11 is 8.02. The highest BCUT2D eigenvalue weighted by molar-refractivity contribution is 8.00. The van der Waals surface area contributed by atoms with Gasteiger partial charge < -0.3 is 4.57 Å². The van der Waals surface area contributed by atoms with Gasteiger partial charge in [0.15, 0.2) is 0 Å². The van der Waals surface area contributed by atoms with Gasteiger partial charge in [0, 0.05) is 28.6 Å². The van der Waals surface area contributed by atoms with Crippen LogP contribution >= 0.6 is 23.4 Å². The van der Waals surface area contributed by atoms with E-state index in [9.17, 15) is 13.2 Å². The molecule has 148 valence electrons. The number of hydrogen-bond acceptors (Lipinski definition) is 2. The van der Waals surface area contributed by atoms with E-state index in [2.05, 4.69) is 11.9 Å². The van der Waals surface area contributed by atoms with Gasteiger partial charge in [-0.15, -0.1) is 11.8 Å². The third-order valence-corrected chi connectivity index (χ3v) is 6.34. The second-order valence-electron chi connectivity index (χ2n) is 6.91. The van der Waals surface area contributed by atoms with E-state index in [1.807, 2.05) is 35.0 Å². The van der Waals surface area contributed by atoms with E-state index in [4.69, 9.17) is 11.6 Å². The van der Waals surface area contributed by atoms with Gasteiger partial charge in [-0.1, -0.05) is 35.9 Å². The highest BCUT2D eigenvalue weighted by Gasteiger charge is 2.30. The Kier molecular flexibility index (Phi) is 6.40. The Hall–Kier alpha value is -1.92. The van der Waals surface area contributed by atoms with Crippen molar-refractivity contribution in [2.45, 2.75) is 42.1 Å². The zero-order valence-electron chi connectivity index (χ0n) is 15.3. The number of hydrogen-bond donors (Lipinski definition) is 0. The molecule has 0 amide bonds. The molecule has 0 spiro atoms. The molecule has 1 unspecified atom stereocenters. The topological polar surface area (TPSA) is 17.8 Å². The number of thioether (sulfide) groups is 1. The molecular formula is C21H20ClF3N2S. The van der Waals surface area contributed by atoms with Crippen molar-refractivity contribution >= 4 is 23.4 Å². The molecule has 1 aromatic heterocycles. The molecular weight excluding hydrogens is 405 g/mol. The van der Waals surface area contributed by atoms with E-state index in [0.717, 1.165) is 29.0 Å². The van der Waals surface area contributed by atoms with E-state index < -0.39 is 11.7 Å². The first-order valence-corrected chi connectivity index (χ1v) is 10.0. The molecule has 28 heavy (non-hydrogen) atoms. The molecule has 1 heterocycles. The second kappa shape index (κ2) is 8.62. The van der Waals surface area contributed by atoms with Crippen LogP contribution in [0.2, 0.25) is 5.02 Å². The minimum absolute atomic E-state index is 0.214. The molecule has 0 N–H and O–H groups in total. The van der Waals surface area contributed by atoms with E-state index in [1.165, 1.54) is 0 Å². The molecule has 0 radical (unpaired) electrons. The SMILES string of the molecule is CC(CCc1ccc(C(F)(F)F)cc1)(Cn1ccnc1)Sc1ccccc1Cl. The van der Waals surface area contributed by atoms with Crippen molar-refractivity contribution in [2.24, 2.45) is 0 Å². The molecule has 0 bridgehead atoms. The van der Waals surface area contributed by atoms with Gasteiger partial charge in [-0.05, 0) is 49.6 Å². The number of aromatic nitrogens is 2. The van der Waals surface area contributed by atoms with Crippen molar-refractivity contribution < 1.29 is 13.2 Å². The molecule has 3 rings (SSSR count). The van der Waals surface area contributed by atoms with Crippen LogP contribution in [-0.4, -0.2) is 14.3 Å². The first-order valence-electron chi connectivity index (χ1n) is 8.81. The fraction of sp³-hybridized carbons (Fsp3) is 0.286. The van der Waals surface area contributed by atoms with Crippen LogP contribution < -0.4 is 0 Å². The molecule has 2 nitrogen and oxygen atoms in total. The maximum atomic E-state index is 12.8. The van der Waals surface area contributed by atoms with E-state index >= 15 is 0 Å². The van der Waals surface area contributed by atoms with Gasteiger partial charge in [0.05, 0.1) is 16.9 Å². The predicted octanol–water partition coefficient (Wildman–Crippen LogP) is 6.74. The van der Waals surface area contributed by atoms with Crippen molar-refractivity contribution in [1.82, 2.24) is 9.55 Å². The maximum absolute atomic E-state index is 12.8. The lowest BCUT2D eigenvalue weighted by Gasteiger charge is -2.30. The van der Waals surface area contributed by atoms with Crippen LogP contribution in [0.25, 0.3) is 0 Å². The average Bonchev–Trinajstić information content (AvgIpc) is 3.14. The van der Waals surface area contributed by atoms with Crippen molar-refractivity contribution in [3.63, 3.8) is 0 Å². The molecule has 7 heteroatoms. The van der Waals surface area contributed by atoms with Gasteiger partial charge in [-0.2, -0.15) is 13.2 Å². The van der Waals surface area contributed by atoms with E-state index in [1.54, 1.807) is 36.4 Å². The van der Waals surface area contributed by atoms with Crippen LogP contribution in [0, 0.1) is 0 Å². The molecule has 0 aliphatic rings. The van der Waals surface area contributed by atoms with Gasteiger partial charge >= 0.3 is 6.18 Å². The lowest BCUT2D eigenvalue weighted by molar-refractivity contribution is -0.137. The fourth-order valence-electron chi connectivity index (χ4n) is 2.99. The number of nitrogens with zero attached hydrogens (tertiary/aromatic N) is 2. The van der Waals surface area contributed by atoms with Crippen LogP contribution in [0.4, 0.5) is 13.2 Å². The summed E-state index contributed by atoms with van der Waals surface area (Å²) in [5.41, 5.74) is 0.257. The molecule has 1 atom stereocenters. The zero-order chi connectivity index (χ0) is 20.2. The number of benzene rings is 2. The van der Waals surface area contributed by atoms with Gasteiger partial charge in [0.25, 0.3) is 0 Å². The monoisotopic (exact) mass is 424 g/mol. The van der Waals surface area contributed by atoms with Crippen LogP contribution in [0.1, 0.15) is 24.5 Å². The third-order valence-electron chi connectivity index (χ3n) is 4.49. The van der Waals surface area contributed by atoms with Crippen molar-refractivity contribution in [2.75, 3.05) is 0 Å². The summed E-state index contributed by atoms with van der Waals surface area (Å²) in [5, 5.41) is 0.693. The minimum Gasteiger partial charge on any atom is -0.336 e. The molecule has 0 saturated heterocycles. The number of alkyl halides is 3. The summed E-state index contributed by atoms with van der Waals surface area (Å²) in [6.45, 7) is 2.86. The summed E-state index contributed by atoms with van der Waals surface area (Å²) in [4.78, 5) is 5.09. The van der Waals surface area contributed by atoms with Crippen LogP contribution in [-0.2, 0) is 19.1 Å². The summed E-state index contributed by atoms with van der Waals surface area (Å²) in [6, 6.07) is 13.1. The number of halogens is 4. The minimum atomic E-state index is -4.31. The number of rotatable bonds is 7. The average molecular weight is 425 g/mol. The Morgan fingerprint density at radius 3 is 2.39 bits per heavy atom. The van der Waals surface area contributed by atoms with Gasteiger partial charge in [-0.25, -0.2) is 4.98 Å².